The number of rotatable bonds is 5. The summed E-state index contributed by atoms with van der Waals surface area (Å²) in [7, 11) is -3.21. The minimum atomic E-state index is -3.21. The first-order valence-corrected chi connectivity index (χ1v) is 8.85. The van der Waals surface area contributed by atoms with Gasteiger partial charge in [0, 0.05) is 19.0 Å². The summed E-state index contributed by atoms with van der Waals surface area (Å²) in [5, 5.41) is 3.18. The van der Waals surface area contributed by atoms with E-state index in [0.29, 0.717) is 10.7 Å². The number of nitrogens with one attached hydrogen (secondary N) is 1. The van der Waals surface area contributed by atoms with E-state index in [9.17, 15) is 8.42 Å². The van der Waals surface area contributed by atoms with Gasteiger partial charge in [0.1, 0.15) is 10.7 Å². The summed E-state index contributed by atoms with van der Waals surface area (Å²) in [6.07, 6.45) is 10.6. The van der Waals surface area contributed by atoms with E-state index in [1.54, 1.807) is 18.3 Å². The van der Waals surface area contributed by atoms with Crippen molar-refractivity contribution in [3.63, 3.8) is 0 Å². The Bertz CT molecular complexity index is 508. The van der Waals surface area contributed by atoms with Gasteiger partial charge in [0.2, 0.25) is 0 Å². The van der Waals surface area contributed by atoms with Gasteiger partial charge in [-0.1, -0.05) is 32.1 Å². The Morgan fingerprint density at radius 2 is 2.05 bits per heavy atom. The maximum Gasteiger partial charge on any atom is 0.179 e. The Labute approximate surface area is 115 Å². The molecular weight excluding hydrogens is 260 g/mol. The maximum atomic E-state index is 11.6. The van der Waals surface area contributed by atoms with Crippen LogP contribution in [0.1, 0.15) is 38.5 Å². The second-order valence-corrected chi connectivity index (χ2v) is 7.33. The highest BCUT2D eigenvalue weighted by atomic mass is 32.2. The molecule has 0 amide bonds. The van der Waals surface area contributed by atoms with Crippen molar-refractivity contribution in [2.75, 3.05) is 18.1 Å². The molecule has 0 spiro atoms. The molecular formula is C14H22N2O2S. The summed E-state index contributed by atoms with van der Waals surface area (Å²) in [5.74, 6) is 1.27. The summed E-state index contributed by atoms with van der Waals surface area (Å²) >= 11 is 0. The summed E-state index contributed by atoms with van der Waals surface area (Å²) in [5.41, 5.74) is 0. The number of anilines is 1. The van der Waals surface area contributed by atoms with Crippen molar-refractivity contribution in [1.82, 2.24) is 4.98 Å². The third kappa shape index (κ3) is 4.20. The predicted octanol–water partition coefficient (Wildman–Crippen LogP) is 2.87. The zero-order valence-electron chi connectivity index (χ0n) is 11.4. The molecule has 1 heterocycles. The highest BCUT2D eigenvalue weighted by Crippen LogP contribution is 2.26. The van der Waals surface area contributed by atoms with E-state index in [4.69, 9.17) is 0 Å². The summed E-state index contributed by atoms with van der Waals surface area (Å²) in [6, 6.07) is 3.26. The molecule has 1 fully saturated rings. The quantitative estimate of drug-likeness (QED) is 0.902. The third-order valence-corrected chi connectivity index (χ3v) is 4.87. The van der Waals surface area contributed by atoms with Crippen LogP contribution in [0.4, 0.5) is 5.82 Å². The van der Waals surface area contributed by atoms with Gasteiger partial charge in [-0.25, -0.2) is 13.4 Å². The molecule has 1 aromatic heterocycles. The van der Waals surface area contributed by atoms with Crippen LogP contribution in [0.3, 0.4) is 0 Å². The van der Waals surface area contributed by atoms with Gasteiger partial charge in [-0.05, 0) is 24.5 Å². The monoisotopic (exact) mass is 282 g/mol. The van der Waals surface area contributed by atoms with Gasteiger partial charge in [0.15, 0.2) is 9.84 Å². The number of hydrogen-bond donors (Lipinski definition) is 1. The molecule has 2 rings (SSSR count). The van der Waals surface area contributed by atoms with Crippen LogP contribution in [0.15, 0.2) is 23.2 Å². The number of pyridine rings is 1. The van der Waals surface area contributed by atoms with Crippen LogP contribution < -0.4 is 5.32 Å². The Hall–Kier alpha value is -1.10. The van der Waals surface area contributed by atoms with Gasteiger partial charge in [-0.15, -0.1) is 0 Å². The van der Waals surface area contributed by atoms with Gasteiger partial charge in [0.25, 0.3) is 0 Å². The second-order valence-electron chi connectivity index (χ2n) is 5.34. The standard InChI is InChI=1S/C14H22N2O2S/c1-19(17,18)13-8-5-10-15-14(13)16-11-9-12-6-3-2-4-7-12/h5,8,10,12H,2-4,6-7,9,11H2,1H3,(H,15,16). The zero-order chi connectivity index (χ0) is 13.7. The lowest BCUT2D eigenvalue weighted by atomic mass is 9.87. The van der Waals surface area contributed by atoms with Gasteiger partial charge >= 0.3 is 0 Å². The lowest BCUT2D eigenvalue weighted by molar-refractivity contribution is 0.345. The molecule has 0 aliphatic heterocycles. The molecule has 0 atom stereocenters. The summed E-state index contributed by atoms with van der Waals surface area (Å²) in [4.78, 5) is 4.43. The first-order valence-electron chi connectivity index (χ1n) is 6.96. The van der Waals surface area contributed by atoms with Crippen molar-refractivity contribution >= 4 is 15.7 Å². The van der Waals surface area contributed by atoms with Gasteiger partial charge in [-0.3, -0.25) is 0 Å². The van der Waals surface area contributed by atoms with Crippen molar-refractivity contribution in [1.29, 1.82) is 0 Å². The fourth-order valence-corrected chi connectivity index (χ4v) is 3.49. The molecule has 1 aliphatic rings. The normalized spacial score (nSPS) is 17.3. The van der Waals surface area contributed by atoms with E-state index in [1.807, 2.05) is 0 Å². The molecule has 0 bridgehead atoms. The van der Waals surface area contributed by atoms with E-state index in [0.717, 1.165) is 18.9 Å². The van der Waals surface area contributed by atoms with Crippen molar-refractivity contribution in [3.05, 3.63) is 18.3 Å². The highest BCUT2D eigenvalue weighted by Gasteiger charge is 2.15. The SMILES string of the molecule is CS(=O)(=O)c1cccnc1NCCC1CCCCC1. The van der Waals surface area contributed by atoms with Crippen LogP contribution in [0.5, 0.6) is 0 Å². The maximum absolute atomic E-state index is 11.6. The predicted molar refractivity (Wildman–Crippen MR) is 77.0 cm³/mol. The Balaban J connectivity index is 1.92. The minimum Gasteiger partial charge on any atom is -0.369 e. The molecule has 4 nitrogen and oxygen atoms in total. The van der Waals surface area contributed by atoms with E-state index >= 15 is 0 Å². The lowest BCUT2D eigenvalue weighted by Gasteiger charge is -2.21. The molecule has 106 valence electrons. The molecule has 0 radical (unpaired) electrons. The zero-order valence-corrected chi connectivity index (χ0v) is 12.2. The second kappa shape index (κ2) is 6.37. The smallest absolute Gasteiger partial charge is 0.179 e. The van der Waals surface area contributed by atoms with Crippen LogP contribution in [-0.2, 0) is 9.84 Å². The molecule has 1 aliphatic carbocycles. The molecule has 19 heavy (non-hydrogen) atoms. The van der Waals surface area contributed by atoms with E-state index < -0.39 is 9.84 Å². The number of aromatic nitrogens is 1. The summed E-state index contributed by atoms with van der Waals surface area (Å²) in [6.45, 7) is 0.796. The molecule has 0 aromatic carbocycles. The minimum absolute atomic E-state index is 0.290. The lowest BCUT2D eigenvalue weighted by Crippen LogP contribution is -2.14. The van der Waals surface area contributed by atoms with Gasteiger partial charge < -0.3 is 5.32 Å². The van der Waals surface area contributed by atoms with Crippen LogP contribution in [-0.4, -0.2) is 26.2 Å². The van der Waals surface area contributed by atoms with Crippen molar-refractivity contribution in [3.8, 4) is 0 Å². The molecule has 0 unspecified atom stereocenters. The van der Waals surface area contributed by atoms with Crippen LogP contribution in [0, 0.1) is 5.92 Å². The van der Waals surface area contributed by atoms with Crippen molar-refractivity contribution < 1.29 is 8.42 Å². The van der Waals surface area contributed by atoms with E-state index in [-0.39, 0.29) is 0 Å². The topological polar surface area (TPSA) is 59.1 Å². The van der Waals surface area contributed by atoms with Crippen LogP contribution in [0.2, 0.25) is 0 Å². The highest BCUT2D eigenvalue weighted by molar-refractivity contribution is 7.90. The fraction of sp³-hybridized carbons (Fsp3) is 0.643. The molecule has 5 heteroatoms. The number of hydrogen-bond acceptors (Lipinski definition) is 4. The van der Waals surface area contributed by atoms with Crippen molar-refractivity contribution in [2.24, 2.45) is 5.92 Å². The fourth-order valence-electron chi connectivity index (χ4n) is 2.69. The Morgan fingerprint density at radius 3 is 2.74 bits per heavy atom. The first kappa shape index (κ1) is 14.3. The third-order valence-electron chi connectivity index (χ3n) is 3.74. The van der Waals surface area contributed by atoms with Crippen LogP contribution >= 0.6 is 0 Å². The first-order chi connectivity index (χ1) is 9.07. The molecule has 1 N–H and O–H groups in total. The molecule has 1 saturated carbocycles. The Kier molecular flexibility index (Phi) is 4.80. The average molecular weight is 282 g/mol. The largest absolute Gasteiger partial charge is 0.369 e. The number of sulfone groups is 1. The Morgan fingerprint density at radius 1 is 1.32 bits per heavy atom. The van der Waals surface area contributed by atoms with E-state index in [1.165, 1.54) is 38.4 Å². The molecule has 0 saturated heterocycles. The van der Waals surface area contributed by atoms with Gasteiger partial charge in [0.05, 0.1) is 0 Å². The van der Waals surface area contributed by atoms with E-state index in [2.05, 4.69) is 10.3 Å². The summed E-state index contributed by atoms with van der Waals surface area (Å²) < 4.78 is 23.3. The molecule has 1 aromatic rings. The van der Waals surface area contributed by atoms with Gasteiger partial charge in [-0.2, -0.15) is 0 Å². The van der Waals surface area contributed by atoms with Crippen LogP contribution in [0.25, 0.3) is 0 Å². The average Bonchev–Trinajstić information content (AvgIpc) is 2.39. The van der Waals surface area contributed by atoms with Crippen molar-refractivity contribution in [2.45, 2.75) is 43.4 Å². The number of nitrogens with zero attached hydrogens (tertiary/aromatic N) is 1.